The molecule has 3 nitrogen and oxygen atoms in total. The molecule has 13 heavy (non-hydrogen) atoms. The van der Waals surface area contributed by atoms with Crippen LogP contribution in [0.25, 0.3) is 0 Å². The molecule has 1 rings (SSSR count). The van der Waals surface area contributed by atoms with Crippen molar-refractivity contribution in [3.05, 3.63) is 24.3 Å². The zero-order valence-electron chi connectivity index (χ0n) is 7.61. The monoisotopic (exact) mass is 179 g/mol. The maximum atomic E-state index is 10.2. The van der Waals surface area contributed by atoms with Crippen molar-refractivity contribution in [3.63, 3.8) is 0 Å². The van der Waals surface area contributed by atoms with Crippen LogP contribution in [0.1, 0.15) is 6.92 Å². The molecule has 0 spiro atoms. The molecule has 0 amide bonds. The fraction of sp³-hybridized carbons (Fsp3) is 0.300. The first-order chi connectivity index (χ1) is 6.26. The minimum atomic E-state index is -0.534. The SMILES string of the molecule is COc1ccc(OC(C)[C]=O)cc1. The van der Waals surface area contributed by atoms with Crippen molar-refractivity contribution < 1.29 is 14.3 Å². The lowest BCUT2D eigenvalue weighted by Crippen LogP contribution is -2.12. The Bertz CT molecular complexity index is 266. The van der Waals surface area contributed by atoms with Gasteiger partial charge in [-0.25, -0.2) is 0 Å². The highest BCUT2D eigenvalue weighted by atomic mass is 16.5. The number of methoxy groups -OCH3 is 1. The number of benzene rings is 1. The van der Waals surface area contributed by atoms with Crippen molar-refractivity contribution in [2.75, 3.05) is 7.11 Å². The molecular weight excluding hydrogens is 168 g/mol. The minimum Gasteiger partial charge on any atom is -0.497 e. The summed E-state index contributed by atoms with van der Waals surface area (Å²) >= 11 is 0. The van der Waals surface area contributed by atoms with Gasteiger partial charge in [0, 0.05) is 0 Å². The largest absolute Gasteiger partial charge is 0.497 e. The topological polar surface area (TPSA) is 35.5 Å². The Hall–Kier alpha value is -1.51. The maximum Gasteiger partial charge on any atom is 0.242 e. The van der Waals surface area contributed by atoms with E-state index in [2.05, 4.69) is 0 Å². The van der Waals surface area contributed by atoms with E-state index in [1.165, 1.54) is 0 Å². The second-order valence-corrected chi connectivity index (χ2v) is 2.55. The van der Waals surface area contributed by atoms with Gasteiger partial charge < -0.3 is 9.47 Å². The molecule has 0 fully saturated rings. The lowest BCUT2D eigenvalue weighted by Gasteiger charge is -2.07. The number of carbonyl (C=O) groups excluding carboxylic acids is 1. The number of rotatable bonds is 4. The van der Waals surface area contributed by atoms with Gasteiger partial charge in [-0.1, -0.05) is 0 Å². The van der Waals surface area contributed by atoms with Crippen LogP contribution < -0.4 is 9.47 Å². The second kappa shape index (κ2) is 4.50. The molecule has 1 unspecified atom stereocenters. The predicted molar refractivity (Wildman–Crippen MR) is 48.8 cm³/mol. The summed E-state index contributed by atoms with van der Waals surface area (Å²) in [4.78, 5) is 10.2. The predicted octanol–water partition coefficient (Wildman–Crippen LogP) is 1.57. The highest BCUT2D eigenvalue weighted by Crippen LogP contribution is 2.17. The van der Waals surface area contributed by atoms with E-state index in [0.717, 1.165) is 5.75 Å². The summed E-state index contributed by atoms with van der Waals surface area (Å²) in [5.41, 5.74) is 0. The van der Waals surface area contributed by atoms with E-state index in [1.807, 2.05) is 0 Å². The van der Waals surface area contributed by atoms with Gasteiger partial charge in [0.25, 0.3) is 0 Å². The Morgan fingerprint density at radius 2 is 1.77 bits per heavy atom. The lowest BCUT2D eigenvalue weighted by atomic mass is 10.3. The van der Waals surface area contributed by atoms with E-state index < -0.39 is 6.10 Å². The molecule has 0 bridgehead atoms. The van der Waals surface area contributed by atoms with E-state index in [9.17, 15) is 4.79 Å². The van der Waals surface area contributed by atoms with Gasteiger partial charge in [-0.2, -0.15) is 0 Å². The molecule has 0 aliphatic rings. The van der Waals surface area contributed by atoms with Crippen LogP contribution in [0.4, 0.5) is 0 Å². The average molecular weight is 179 g/mol. The quantitative estimate of drug-likeness (QED) is 0.703. The van der Waals surface area contributed by atoms with E-state index in [-0.39, 0.29) is 0 Å². The van der Waals surface area contributed by atoms with Crippen molar-refractivity contribution in [1.29, 1.82) is 0 Å². The van der Waals surface area contributed by atoms with Crippen LogP contribution in [0.15, 0.2) is 24.3 Å². The molecule has 69 valence electrons. The van der Waals surface area contributed by atoms with Gasteiger partial charge in [-0.15, -0.1) is 0 Å². The lowest BCUT2D eigenvalue weighted by molar-refractivity contribution is 0.278. The molecule has 0 saturated heterocycles. The van der Waals surface area contributed by atoms with E-state index in [4.69, 9.17) is 9.47 Å². The third-order valence-corrected chi connectivity index (χ3v) is 1.54. The fourth-order valence-corrected chi connectivity index (χ4v) is 0.882. The zero-order valence-corrected chi connectivity index (χ0v) is 7.61. The molecule has 3 heteroatoms. The third-order valence-electron chi connectivity index (χ3n) is 1.54. The van der Waals surface area contributed by atoms with Crippen molar-refractivity contribution >= 4 is 6.29 Å². The molecule has 0 saturated carbocycles. The Morgan fingerprint density at radius 1 is 1.23 bits per heavy atom. The summed E-state index contributed by atoms with van der Waals surface area (Å²) in [6, 6.07) is 7.03. The standard InChI is InChI=1S/C10H11O3/c1-8(7-11)13-10-5-3-9(12-2)4-6-10/h3-6,8H,1-2H3. The molecule has 0 aliphatic heterocycles. The molecule has 1 aromatic rings. The molecule has 1 aromatic carbocycles. The first-order valence-corrected chi connectivity index (χ1v) is 3.94. The third kappa shape index (κ3) is 2.78. The number of hydrogen-bond donors (Lipinski definition) is 0. The molecule has 0 aromatic heterocycles. The van der Waals surface area contributed by atoms with Crippen LogP contribution >= 0.6 is 0 Å². The zero-order chi connectivity index (χ0) is 9.68. The highest BCUT2D eigenvalue weighted by molar-refractivity contribution is 5.57. The fourth-order valence-electron chi connectivity index (χ4n) is 0.882. The first-order valence-electron chi connectivity index (χ1n) is 3.94. The second-order valence-electron chi connectivity index (χ2n) is 2.55. The van der Waals surface area contributed by atoms with Crippen molar-refractivity contribution in [1.82, 2.24) is 0 Å². The van der Waals surface area contributed by atoms with Crippen LogP contribution in [0.2, 0.25) is 0 Å². The van der Waals surface area contributed by atoms with E-state index >= 15 is 0 Å². The van der Waals surface area contributed by atoms with Gasteiger partial charge in [-0.3, -0.25) is 4.79 Å². The van der Waals surface area contributed by atoms with Crippen LogP contribution in [0.5, 0.6) is 11.5 Å². The van der Waals surface area contributed by atoms with Gasteiger partial charge in [0.2, 0.25) is 6.29 Å². The smallest absolute Gasteiger partial charge is 0.242 e. The summed E-state index contributed by atoms with van der Waals surface area (Å²) in [5, 5.41) is 0. The van der Waals surface area contributed by atoms with Crippen molar-refractivity contribution in [3.8, 4) is 11.5 Å². The van der Waals surface area contributed by atoms with E-state index in [0.29, 0.717) is 5.75 Å². The van der Waals surface area contributed by atoms with Crippen molar-refractivity contribution in [2.45, 2.75) is 13.0 Å². The molecule has 1 radical (unpaired) electrons. The number of ether oxygens (including phenoxy) is 2. The summed E-state index contributed by atoms with van der Waals surface area (Å²) < 4.78 is 10.2. The minimum absolute atomic E-state index is 0.534. The van der Waals surface area contributed by atoms with E-state index in [1.54, 1.807) is 44.6 Å². The van der Waals surface area contributed by atoms with Gasteiger partial charge in [0.15, 0.2) is 6.10 Å². The van der Waals surface area contributed by atoms with Gasteiger partial charge in [0.05, 0.1) is 7.11 Å². The molecule has 0 N–H and O–H groups in total. The van der Waals surface area contributed by atoms with Crippen LogP contribution in [-0.4, -0.2) is 19.5 Å². The Morgan fingerprint density at radius 3 is 2.23 bits per heavy atom. The molecule has 1 atom stereocenters. The van der Waals surface area contributed by atoms with Gasteiger partial charge >= 0.3 is 0 Å². The summed E-state index contributed by atoms with van der Waals surface area (Å²) in [6.07, 6.45) is 1.20. The normalized spacial score (nSPS) is 11.8. The van der Waals surface area contributed by atoms with Crippen LogP contribution in [-0.2, 0) is 4.79 Å². The summed E-state index contributed by atoms with van der Waals surface area (Å²) in [6.45, 7) is 1.64. The summed E-state index contributed by atoms with van der Waals surface area (Å²) in [7, 11) is 1.59. The number of hydrogen-bond acceptors (Lipinski definition) is 3. The Balaban J connectivity index is 2.63. The van der Waals surface area contributed by atoms with Gasteiger partial charge in [0.1, 0.15) is 11.5 Å². The molecular formula is C10H11O3. The average Bonchev–Trinajstić information content (AvgIpc) is 2.19. The first kappa shape index (κ1) is 9.58. The van der Waals surface area contributed by atoms with Crippen molar-refractivity contribution in [2.24, 2.45) is 0 Å². The van der Waals surface area contributed by atoms with Crippen LogP contribution in [0, 0.1) is 0 Å². The summed E-state index contributed by atoms with van der Waals surface area (Å²) in [5.74, 6) is 1.40. The Kier molecular flexibility index (Phi) is 3.31. The molecule has 0 aliphatic carbocycles. The Labute approximate surface area is 77.3 Å². The highest BCUT2D eigenvalue weighted by Gasteiger charge is 2.01. The maximum absolute atomic E-state index is 10.2. The van der Waals surface area contributed by atoms with Crippen LogP contribution in [0.3, 0.4) is 0 Å². The molecule has 0 heterocycles. The van der Waals surface area contributed by atoms with Gasteiger partial charge in [-0.05, 0) is 31.2 Å².